The highest BCUT2D eigenvalue weighted by Crippen LogP contribution is 2.37. The van der Waals surface area contributed by atoms with Crippen LogP contribution in [0.25, 0.3) is 0 Å². The van der Waals surface area contributed by atoms with E-state index in [1.807, 2.05) is 31.2 Å². The number of aromatic nitrogens is 4. The molecule has 4 aromatic rings. The lowest BCUT2D eigenvalue weighted by Crippen LogP contribution is -2.47. The number of piperidine rings is 1. The molecule has 6 rings (SSSR count). The summed E-state index contributed by atoms with van der Waals surface area (Å²) in [7, 11) is 1.72. The highest BCUT2D eigenvalue weighted by Gasteiger charge is 2.40. The second kappa shape index (κ2) is 18.7. The minimum absolute atomic E-state index is 0.108. The summed E-state index contributed by atoms with van der Waals surface area (Å²) in [6, 6.07) is 18.4. The number of carbonyl (C=O) groups is 1. The van der Waals surface area contributed by atoms with Gasteiger partial charge in [0, 0.05) is 39.3 Å². The van der Waals surface area contributed by atoms with Crippen LogP contribution in [0.15, 0.2) is 54.6 Å². The number of hydrogen-bond donors (Lipinski definition) is 2. The number of methoxy groups -OCH3 is 1. The van der Waals surface area contributed by atoms with Crippen LogP contribution in [0.2, 0.25) is 10.0 Å². The number of nitrogens with one attached hydrogen (secondary N) is 2. The Bertz CT molecular complexity index is 1710. The van der Waals surface area contributed by atoms with Crippen molar-refractivity contribution in [3.8, 4) is 17.2 Å². The van der Waals surface area contributed by atoms with Crippen molar-refractivity contribution in [3.63, 3.8) is 0 Å². The molecule has 0 spiro atoms. The Morgan fingerprint density at radius 3 is 2.33 bits per heavy atom. The Balaban J connectivity index is 1.08. The van der Waals surface area contributed by atoms with E-state index in [4.69, 9.17) is 42.1 Å². The lowest BCUT2D eigenvalue weighted by Gasteiger charge is -2.36. The number of benzene rings is 3. The van der Waals surface area contributed by atoms with E-state index in [2.05, 4.69) is 61.2 Å². The van der Waals surface area contributed by atoms with Crippen LogP contribution >= 0.6 is 23.2 Å². The molecule has 11 nitrogen and oxygen atoms in total. The van der Waals surface area contributed by atoms with Gasteiger partial charge in [0.1, 0.15) is 24.7 Å². The highest BCUT2D eigenvalue weighted by molar-refractivity contribution is 6.37. The van der Waals surface area contributed by atoms with Gasteiger partial charge in [-0.05, 0) is 117 Å². The van der Waals surface area contributed by atoms with Crippen molar-refractivity contribution in [1.82, 2.24) is 30.8 Å². The third kappa shape index (κ3) is 10.6. The number of carbonyl (C=O) groups excluding carboxylic acids is 1. The van der Waals surface area contributed by atoms with Crippen molar-refractivity contribution >= 4 is 29.1 Å². The van der Waals surface area contributed by atoms with Crippen molar-refractivity contribution < 1.29 is 23.7 Å². The van der Waals surface area contributed by atoms with E-state index in [1.165, 1.54) is 5.56 Å². The fourth-order valence-electron chi connectivity index (χ4n) is 6.82. The number of tetrazole rings is 1. The zero-order chi connectivity index (χ0) is 36.3. The van der Waals surface area contributed by atoms with Crippen LogP contribution in [0.5, 0.6) is 17.2 Å². The molecule has 1 aromatic heterocycles. The standard InChI is InChI=1S/C39H48Cl2N6O5/c1-26-19-35(40)38(36(41)20-26)52-18-17-51-31-11-7-29(8-12-31)33-13-14-42-24-34(33)39(48)47(30-9-10-30)25-28-21-27(5-3-15-49-2)22-32(23-28)50-16-4-6-37-43-45-46-44-37/h7-8,11-12,19-23,30,33-34,42H,3-6,9-10,13-18,24-25H2,1-2H3,(H,43,44,45,46)/t33-,34+/m1/s1. The van der Waals surface area contributed by atoms with Crippen LogP contribution in [0.4, 0.5) is 0 Å². The van der Waals surface area contributed by atoms with Crippen molar-refractivity contribution in [2.75, 3.05) is 46.6 Å². The lowest BCUT2D eigenvalue weighted by molar-refractivity contribution is -0.138. The molecule has 13 heteroatoms. The van der Waals surface area contributed by atoms with E-state index in [-0.39, 0.29) is 23.8 Å². The largest absolute Gasteiger partial charge is 0.494 e. The summed E-state index contributed by atoms with van der Waals surface area (Å²) >= 11 is 12.6. The topological polar surface area (TPSA) is 124 Å². The first-order valence-electron chi connectivity index (χ1n) is 18.2. The van der Waals surface area contributed by atoms with Crippen molar-refractivity contribution in [1.29, 1.82) is 0 Å². The van der Waals surface area contributed by atoms with Crippen LogP contribution in [-0.4, -0.2) is 84.1 Å². The summed E-state index contributed by atoms with van der Waals surface area (Å²) in [4.78, 5) is 16.6. The van der Waals surface area contributed by atoms with Gasteiger partial charge in [-0.3, -0.25) is 4.79 Å². The predicted octanol–water partition coefficient (Wildman–Crippen LogP) is 6.75. The Kier molecular flexibility index (Phi) is 13.6. The first kappa shape index (κ1) is 37.8. The molecular formula is C39H48Cl2N6O5. The lowest BCUT2D eigenvalue weighted by atomic mass is 9.80. The molecular weight excluding hydrogens is 703 g/mol. The molecule has 0 bridgehead atoms. The quantitative estimate of drug-likeness (QED) is 0.100. The summed E-state index contributed by atoms with van der Waals surface area (Å²) in [6.45, 7) is 5.87. The molecule has 0 radical (unpaired) electrons. The van der Waals surface area contributed by atoms with Gasteiger partial charge in [-0.1, -0.05) is 46.6 Å². The van der Waals surface area contributed by atoms with Crippen molar-refractivity contribution in [2.24, 2.45) is 5.92 Å². The van der Waals surface area contributed by atoms with Crippen LogP contribution < -0.4 is 19.5 Å². The van der Waals surface area contributed by atoms with E-state index >= 15 is 0 Å². The normalized spacial score (nSPS) is 17.2. The van der Waals surface area contributed by atoms with Crippen molar-refractivity contribution in [2.45, 2.75) is 70.4 Å². The Labute approximate surface area is 315 Å². The average Bonchev–Trinajstić information content (AvgIpc) is 3.85. The number of halogens is 2. The Hall–Kier alpha value is -3.90. The maximum Gasteiger partial charge on any atom is 0.228 e. The molecule has 52 heavy (non-hydrogen) atoms. The molecule has 0 unspecified atom stereocenters. The first-order chi connectivity index (χ1) is 25.4. The van der Waals surface area contributed by atoms with E-state index in [9.17, 15) is 4.79 Å². The highest BCUT2D eigenvalue weighted by atomic mass is 35.5. The van der Waals surface area contributed by atoms with Crippen LogP contribution in [0, 0.1) is 12.8 Å². The Morgan fingerprint density at radius 2 is 1.60 bits per heavy atom. The summed E-state index contributed by atoms with van der Waals surface area (Å²) in [5.74, 6) is 2.84. The van der Waals surface area contributed by atoms with E-state index in [1.54, 1.807) is 7.11 Å². The van der Waals surface area contributed by atoms with Gasteiger partial charge >= 0.3 is 0 Å². The predicted molar refractivity (Wildman–Crippen MR) is 201 cm³/mol. The first-order valence-corrected chi connectivity index (χ1v) is 18.9. The van der Waals surface area contributed by atoms with Crippen LogP contribution in [0.1, 0.15) is 66.1 Å². The molecule has 1 aliphatic carbocycles. The number of aryl methyl sites for hydroxylation is 3. The van der Waals surface area contributed by atoms with E-state index in [0.717, 1.165) is 73.3 Å². The smallest absolute Gasteiger partial charge is 0.228 e. The second-order valence-corrected chi connectivity index (χ2v) is 14.4. The van der Waals surface area contributed by atoms with Gasteiger partial charge in [0.05, 0.1) is 22.6 Å². The van der Waals surface area contributed by atoms with Gasteiger partial charge in [0.25, 0.3) is 0 Å². The summed E-state index contributed by atoms with van der Waals surface area (Å²) < 4.78 is 23.3. The third-order valence-corrected chi connectivity index (χ3v) is 10.1. The zero-order valence-electron chi connectivity index (χ0n) is 29.9. The van der Waals surface area contributed by atoms with Crippen molar-refractivity contribution in [3.05, 3.63) is 92.7 Å². The van der Waals surface area contributed by atoms with Gasteiger partial charge < -0.3 is 29.2 Å². The number of ether oxygens (including phenoxy) is 4. The number of hydrogen-bond acceptors (Lipinski definition) is 9. The zero-order valence-corrected chi connectivity index (χ0v) is 31.4. The van der Waals surface area contributed by atoms with Gasteiger partial charge in [0.2, 0.25) is 5.91 Å². The SMILES string of the molecule is COCCCc1cc(CN(C(=O)[C@H]2CNCC[C@@H]2c2ccc(OCCOc3c(Cl)cc(C)cc3Cl)cc2)C2CC2)cc(OCCCc2nn[nH]n2)c1. The monoisotopic (exact) mass is 750 g/mol. The van der Waals surface area contributed by atoms with Gasteiger partial charge in [0.15, 0.2) is 11.6 Å². The molecule has 3 aromatic carbocycles. The Morgan fingerprint density at radius 1 is 0.865 bits per heavy atom. The second-order valence-electron chi connectivity index (χ2n) is 13.6. The summed E-state index contributed by atoms with van der Waals surface area (Å²) in [5, 5.41) is 18.6. The average molecular weight is 752 g/mol. The maximum atomic E-state index is 14.5. The minimum Gasteiger partial charge on any atom is -0.494 e. The summed E-state index contributed by atoms with van der Waals surface area (Å²) in [6.07, 6.45) is 6.18. The molecule has 1 amide bonds. The maximum absolute atomic E-state index is 14.5. The van der Waals surface area contributed by atoms with Gasteiger partial charge in [-0.2, -0.15) is 5.21 Å². The van der Waals surface area contributed by atoms with E-state index < -0.39 is 0 Å². The molecule has 2 N–H and O–H groups in total. The van der Waals surface area contributed by atoms with Gasteiger partial charge in [-0.25, -0.2) is 0 Å². The molecule has 278 valence electrons. The number of amides is 1. The fourth-order valence-corrected chi connectivity index (χ4v) is 7.52. The van der Waals surface area contributed by atoms with E-state index in [0.29, 0.717) is 67.6 Å². The number of rotatable bonds is 19. The number of nitrogens with zero attached hydrogens (tertiary/aromatic N) is 4. The number of H-pyrrole nitrogens is 1. The van der Waals surface area contributed by atoms with Crippen LogP contribution in [-0.2, 0) is 28.9 Å². The minimum atomic E-state index is -0.163. The molecule has 2 fully saturated rings. The molecule has 2 atom stereocenters. The molecule has 1 saturated heterocycles. The molecule has 2 heterocycles. The number of aromatic amines is 1. The fraction of sp³-hybridized carbons (Fsp3) is 0.487. The van der Waals surface area contributed by atoms with Crippen LogP contribution in [0.3, 0.4) is 0 Å². The molecule has 2 aliphatic rings. The molecule has 1 saturated carbocycles. The van der Waals surface area contributed by atoms with Gasteiger partial charge in [-0.15, -0.1) is 10.2 Å². The third-order valence-electron chi connectivity index (χ3n) is 9.51. The molecule has 1 aliphatic heterocycles. The summed E-state index contributed by atoms with van der Waals surface area (Å²) in [5.41, 5.74) is 4.38.